The number of carbonyl (C=O) groups excluding carboxylic acids is 2. The average Bonchev–Trinajstić information content (AvgIpc) is 3.29. The number of aliphatic hydroxyl groups excluding tert-OH is 2. The van der Waals surface area contributed by atoms with Gasteiger partial charge in [0, 0.05) is 16.2 Å². The smallest absolute Gasteiger partial charge is 0.162 e. The van der Waals surface area contributed by atoms with Gasteiger partial charge in [-0.3, -0.25) is 9.59 Å². The van der Waals surface area contributed by atoms with Crippen LogP contribution in [-0.4, -0.2) is 34.0 Å². The Hall–Kier alpha value is -3.08. The molecular weight excluding hydrogens is 544 g/mol. The highest BCUT2D eigenvalue weighted by atomic mass is 16.3. The van der Waals surface area contributed by atoms with Crippen LogP contribution >= 0.6 is 0 Å². The molecule has 2 rings (SSSR count). The second kappa shape index (κ2) is 15.3. The molecule has 0 amide bonds. The normalized spacial score (nSPS) is 30.3. The Morgan fingerprint density at radius 3 is 1.36 bits per heavy atom. The third kappa shape index (κ3) is 9.22. The number of ketones is 2. The molecule has 0 aromatic carbocycles. The van der Waals surface area contributed by atoms with E-state index in [-0.39, 0.29) is 17.0 Å². The van der Waals surface area contributed by atoms with E-state index < -0.39 is 28.5 Å². The molecule has 2 aliphatic rings. The predicted octanol–water partition coefficient (Wildman–Crippen LogP) is 9.07. The first kappa shape index (κ1) is 37.1. The molecular formula is C40H56O4. The van der Waals surface area contributed by atoms with Crippen LogP contribution in [0, 0.1) is 21.7 Å². The van der Waals surface area contributed by atoms with E-state index in [1.165, 1.54) is 0 Å². The number of rotatable bonds is 12. The van der Waals surface area contributed by atoms with E-state index in [1.807, 2.05) is 128 Å². The molecule has 2 saturated carbocycles. The number of hydrogen-bond acceptors (Lipinski definition) is 4. The quantitative estimate of drug-likeness (QED) is 0.173. The maximum Gasteiger partial charge on any atom is 0.162 e. The molecule has 2 aliphatic carbocycles. The highest BCUT2D eigenvalue weighted by molar-refractivity contribution is 5.96. The van der Waals surface area contributed by atoms with E-state index in [0.29, 0.717) is 25.7 Å². The fraction of sp³-hybridized carbons (Fsp3) is 0.500. The van der Waals surface area contributed by atoms with Crippen LogP contribution < -0.4 is 0 Å². The van der Waals surface area contributed by atoms with Crippen molar-refractivity contribution in [2.75, 3.05) is 0 Å². The lowest BCUT2D eigenvalue weighted by atomic mass is 9.66. The maximum atomic E-state index is 12.9. The fourth-order valence-electron chi connectivity index (χ4n) is 6.11. The van der Waals surface area contributed by atoms with Crippen molar-refractivity contribution in [3.8, 4) is 0 Å². The Balaban J connectivity index is 1.87. The Morgan fingerprint density at radius 1 is 0.568 bits per heavy atom. The summed E-state index contributed by atoms with van der Waals surface area (Å²) < 4.78 is 0. The molecule has 0 aromatic heterocycles. The van der Waals surface area contributed by atoms with Gasteiger partial charge in [-0.25, -0.2) is 0 Å². The predicted molar refractivity (Wildman–Crippen MR) is 185 cm³/mol. The van der Waals surface area contributed by atoms with Crippen LogP contribution in [0.15, 0.2) is 107 Å². The second-order valence-corrected chi connectivity index (χ2v) is 14.5. The van der Waals surface area contributed by atoms with Crippen molar-refractivity contribution in [2.45, 2.75) is 107 Å². The van der Waals surface area contributed by atoms with Gasteiger partial charge in [0.05, 0.1) is 12.2 Å². The van der Waals surface area contributed by atoms with E-state index in [1.54, 1.807) is 12.2 Å². The number of hydrogen-bond donors (Lipinski definition) is 2. The molecule has 0 aromatic rings. The minimum absolute atomic E-state index is 0.0742. The minimum atomic E-state index is -0.542. The molecule has 0 aliphatic heterocycles. The monoisotopic (exact) mass is 600 g/mol. The van der Waals surface area contributed by atoms with Crippen molar-refractivity contribution in [1.82, 2.24) is 0 Å². The van der Waals surface area contributed by atoms with Gasteiger partial charge in [0.25, 0.3) is 0 Å². The molecule has 2 fully saturated rings. The van der Waals surface area contributed by atoms with Gasteiger partial charge in [-0.05, 0) is 70.9 Å². The van der Waals surface area contributed by atoms with Gasteiger partial charge in [0.15, 0.2) is 11.6 Å². The molecule has 4 atom stereocenters. The second-order valence-electron chi connectivity index (χ2n) is 14.5. The summed E-state index contributed by atoms with van der Waals surface area (Å²) in [7, 11) is 0. The van der Waals surface area contributed by atoms with Crippen molar-refractivity contribution in [3.63, 3.8) is 0 Å². The molecule has 2 N–H and O–H groups in total. The van der Waals surface area contributed by atoms with Crippen molar-refractivity contribution in [2.24, 2.45) is 21.7 Å². The molecule has 0 heterocycles. The van der Waals surface area contributed by atoms with Gasteiger partial charge < -0.3 is 10.2 Å². The fourth-order valence-corrected chi connectivity index (χ4v) is 6.11. The standard InChI is InChI=1S/C40H56O4/c1-29(17-13-19-31(3)21-23-35(43)39(9)26-25-34(42)38(39,7)8)15-11-12-16-30(2)18-14-20-32(4)22-24-36(44)40(10)28-33(41)27-37(40,5)6/h11-24,33-34,41-42H,25-28H2,1-10H3/b12-11+,17-13+,18-14+,23-21+,24-22+,29-15+,30-16+,31-19+,32-20+/t33-,34-,39+,40+/m1/s1. The van der Waals surface area contributed by atoms with E-state index in [0.717, 1.165) is 22.3 Å². The third-order valence-electron chi connectivity index (χ3n) is 10.4. The lowest BCUT2D eigenvalue weighted by Gasteiger charge is -2.38. The summed E-state index contributed by atoms with van der Waals surface area (Å²) in [4.78, 5) is 25.9. The van der Waals surface area contributed by atoms with Crippen molar-refractivity contribution >= 4 is 11.6 Å². The SMILES string of the molecule is CC(/C=C/C=C(C)/C=C/C(=O)[C@]1(C)C[C@H](O)CC1(C)C)=C\C=C\C=C(C)\C=C\C=C(C)\C=C\C(=O)[C@]1(C)CC[C@@H](O)C1(C)C. The lowest BCUT2D eigenvalue weighted by molar-refractivity contribution is -0.130. The zero-order chi connectivity index (χ0) is 33.3. The van der Waals surface area contributed by atoms with E-state index >= 15 is 0 Å². The van der Waals surface area contributed by atoms with Gasteiger partial charge in [0.2, 0.25) is 0 Å². The third-order valence-corrected chi connectivity index (χ3v) is 10.4. The van der Waals surface area contributed by atoms with Gasteiger partial charge in [-0.2, -0.15) is 0 Å². The summed E-state index contributed by atoms with van der Waals surface area (Å²) in [6.45, 7) is 20.1. The van der Waals surface area contributed by atoms with Gasteiger partial charge in [0.1, 0.15) is 0 Å². The number of allylic oxidation sites excluding steroid dienone is 18. The Kier molecular flexibility index (Phi) is 12.9. The minimum Gasteiger partial charge on any atom is -0.393 e. The topological polar surface area (TPSA) is 74.6 Å². The molecule has 44 heavy (non-hydrogen) atoms. The summed E-state index contributed by atoms with van der Waals surface area (Å²) in [6, 6.07) is 0. The van der Waals surface area contributed by atoms with E-state index in [2.05, 4.69) is 13.8 Å². The molecule has 0 radical (unpaired) electrons. The average molecular weight is 601 g/mol. The zero-order valence-corrected chi connectivity index (χ0v) is 28.8. The summed E-state index contributed by atoms with van der Waals surface area (Å²) in [5.74, 6) is 0.148. The Labute approximate surface area is 267 Å². The molecule has 0 spiro atoms. The van der Waals surface area contributed by atoms with E-state index in [4.69, 9.17) is 0 Å². The molecule has 0 unspecified atom stereocenters. The summed E-state index contributed by atoms with van der Waals surface area (Å²) >= 11 is 0. The first-order valence-corrected chi connectivity index (χ1v) is 15.9. The highest BCUT2D eigenvalue weighted by Crippen LogP contribution is 2.54. The first-order chi connectivity index (χ1) is 20.4. The van der Waals surface area contributed by atoms with Crippen molar-refractivity contribution in [1.29, 1.82) is 0 Å². The molecule has 0 saturated heterocycles. The highest BCUT2D eigenvalue weighted by Gasteiger charge is 2.54. The van der Waals surface area contributed by atoms with Crippen LogP contribution in [0.5, 0.6) is 0 Å². The number of carbonyl (C=O) groups is 2. The largest absolute Gasteiger partial charge is 0.393 e. The zero-order valence-electron chi connectivity index (χ0n) is 28.8. The molecule has 0 bridgehead atoms. The Morgan fingerprint density at radius 2 is 0.977 bits per heavy atom. The first-order valence-electron chi connectivity index (χ1n) is 15.9. The van der Waals surface area contributed by atoms with Gasteiger partial charge in [-0.1, -0.05) is 137 Å². The van der Waals surface area contributed by atoms with Crippen molar-refractivity contribution in [3.05, 3.63) is 107 Å². The molecule has 240 valence electrons. The van der Waals surface area contributed by atoms with Gasteiger partial charge in [-0.15, -0.1) is 0 Å². The molecule has 4 heteroatoms. The van der Waals surface area contributed by atoms with Crippen LogP contribution in [0.3, 0.4) is 0 Å². The number of aliphatic hydroxyl groups is 2. The summed E-state index contributed by atoms with van der Waals surface area (Å²) in [6.07, 6.45) is 28.8. The van der Waals surface area contributed by atoms with Crippen molar-refractivity contribution < 1.29 is 19.8 Å². The van der Waals surface area contributed by atoms with Crippen LogP contribution in [0.4, 0.5) is 0 Å². The molecule has 4 nitrogen and oxygen atoms in total. The van der Waals surface area contributed by atoms with Crippen LogP contribution in [0.1, 0.15) is 94.9 Å². The van der Waals surface area contributed by atoms with Crippen LogP contribution in [-0.2, 0) is 9.59 Å². The van der Waals surface area contributed by atoms with Crippen LogP contribution in [0.2, 0.25) is 0 Å². The summed E-state index contributed by atoms with van der Waals surface area (Å²) in [5.41, 5.74) is 2.44. The summed E-state index contributed by atoms with van der Waals surface area (Å²) in [5, 5.41) is 20.4. The maximum absolute atomic E-state index is 12.9. The van der Waals surface area contributed by atoms with Gasteiger partial charge >= 0.3 is 0 Å². The van der Waals surface area contributed by atoms with E-state index in [9.17, 15) is 19.8 Å². The van der Waals surface area contributed by atoms with Crippen LogP contribution in [0.25, 0.3) is 0 Å². The lowest BCUT2D eigenvalue weighted by Crippen LogP contribution is -2.41. The Bertz CT molecular complexity index is 1270.